The van der Waals surface area contributed by atoms with Crippen molar-refractivity contribution in [2.24, 2.45) is 0 Å². The molecule has 1 radical (unpaired) electrons. The Labute approximate surface area is 78.1 Å². The van der Waals surface area contributed by atoms with Crippen LogP contribution in [-0.2, 0) is 0 Å². The fourth-order valence-electron chi connectivity index (χ4n) is 1.28. The smallest absolute Gasteiger partial charge is 0.0351 e. The fraction of sp³-hybridized carbons (Fsp3) is 0.750. The Morgan fingerprint density at radius 2 is 1.58 bits per heavy atom. The third-order valence-corrected chi connectivity index (χ3v) is 2.06. The van der Waals surface area contributed by atoms with E-state index < -0.39 is 0 Å². The first kappa shape index (κ1) is 11.7. The molecule has 0 unspecified atom stereocenters. The number of unbranched alkanes of at least 4 members (excludes halogenated alkanes) is 6. The van der Waals surface area contributed by atoms with Crippen LogP contribution in [0.3, 0.4) is 0 Å². The standard InChI is InChI=1S/C12H23/c1-3-5-7-9-11-12-10-8-6-4-2/h5,7H,1,3-4,6,8-12H2,2H3/b7-5-. The van der Waals surface area contributed by atoms with Crippen molar-refractivity contribution in [3.05, 3.63) is 19.1 Å². The van der Waals surface area contributed by atoms with Crippen LogP contribution in [0.2, 0.25) is 0 Å². The average molecular weight is 167 g/mol. The number of rotatable bonds is 8. The van der Waals surface area contributed by atoms with E-state index in [2.05, 4.69) is 26.0 Å². The molecule has 0 N–H and O–H groups in total. The zero-order valence-corrected chi connectivity index (χ0v) is 8.52. The summed E-state index contributed by atoms with van der Waals surface area (Å²) in [6.45, 7) is 6.02. The van der Waals surface area contributed by atoms with Crippen molar-refractivity contribution in [1.82, 2.24) is 0 Å². The van der Waals surface area contributed by atoms with Crippen LogP contribution in [0.1, 0.15) is 58.3 Å². The second-order valence-electron chi connectivity index (χ2n) is 3.32. The molecule has 0 bridgehead atoms. The van der Waals surface area contributed by atoms with Gasteiger partial charge < -0.3 is 0 Å². The van der Waals surface area contributed by atoms with E-state index in [-0.39, 0.29) is 0 Å². The Morgan fingerprint density at radius 1 is 0.917 bits per heavy atom. The van der Waals surface area contributed by atoms with Crippen LogP contribution in [0.15, 0.2) is 12.2 Å². The Bertz CT molecular complexity index is 92.2. The molecule has 0 saturated heterocycles. The monoisotopic (exact) mass is 167 g/mol. The van der Waals surface area contributed by atoms with Crippen LogP contribution in [0.4, 0.5) is 0 Å². The van der Waals surface area contributed by atoms with Crippen LogP contribution in [0, 0.1) is 6.92 Å². The lowest BCUT2D eigenvalue weighted by Crippen LogP contribution is -1.77. The first-order valence-electron chi connectivity index (χ1n) is 5.36. The normalized spacial score (nSPS) is 11.2. The lowest BCUT2D eigenvalue weighted by atomic mass is 10.1. The third kappa shape index (κ3) is 9.74. The first-order valence-corrected chi connectivity index (χ1v) is 5.36. The van der Waals surface area contributed by atoms with Gasteiger partial charge in [0.1, 0.15) is 0 Å². The molecule has 0 aliphatic heterocycles. The molecule has 0 amide bonds. The minimum atomic E-state index is 0.940. The lowest BCUT2D eigenvalue weighted by molar-refractivity contribution is 0.611. The molecule has 0 nitrogen and oxygen atoms in total. The third-order valence-electron chi connectivity index (χ3n) is 2.06. The van der Waals surface area contributed by atoms with Crippen LogP contribution >= 0.6 is 0 Å². The van der Waals surface area contributed by atoms with E-state index in [0.717, 1.165) is 6.42 Å². The molecule has 0 saturated carbocycles. The van der Waals surface area contributed by atoms with Gasteiger partial charge >= 0.3 is 0 Å². The van der Waals surface area contributed by atoms with Gasteiger partial charge in [0.25, 0.3) is 0 Å². The largest absolute Gasteiger partial charge is 0.0885 e. The van der Waals surface area contributed by atoms with E-state index in [0.29, 0.717) is 0 Å². The van der Waals surface area contributed by atoms with Crippen molar-refractivity contribution in [1.29, 1.82) is 0 Å². The van der Waals surface area contributed by atoms with Crippen LogP contribution in [0.25, 0.3) is 0 Å². The number of allylic oxidation sites excluding steroid dienone is 2. The van der Waals surface area contributed by atoms with Crippen molar-refractivity contribution >= 4 is 0 Å². The molecule has 0 rings (SSSR count). The van der Waals surface area contributed by atoms with Gasteiger partial charge in [-0.15, -0.1) is 0 Å². The highest BCUT2D eigenvalue weighted by molar-refractivity contribution is 4.81. The van der Waals surface area contributed by atoms with E-state index in [4.69, 9.17) is 0 Å². The molecule has 0 aliphatic rings. The maximum Gasteiger partial charge on any atom is -0.0351 e. The molecule has 0 fully saturated rings. The summed E-state index contributed by atoms with van der Waals surface area (Å²) in [4.78, 5) is 0. The molecular formula is C12H23. The van der Waals surface area contributed by atoms with Gasteiger partial charge in [-0.2, -0.15) is 0 Å². The van der Waals surface area contributed by atoms with E-state index in [1.54, 1.807) is 0 Å². The summed E-state index contributed by atoms with van der Waals surface area (Å²) in [6, 6.07) is 0. The maximum absolute atomic E-state index is 3.76. The Balaban J connectivity index is 2.86. The van der Waals surface area contributed by atoms with Crippen LogP contribution in [-0.4, -0.2) is 0 Å². The fourth-order valence-corrected chi connectivity index (χ4v) is 1.28. The van der Waals surface area contributed by atoms with E-state index >= 15 is 0 Å². The van der Waals surface area contributed by atoms with Gasteiger partial charge in [-0.05, 0) is 26.2 Å². The summed E-state index contributed by atoms with van der Waals surface area (Å²) in [5.41, 5.74) is 0. The van der Waals surface area contributed by atoms with Gasteiger partial charge in [0.2, 0.25) is 0 Å². The quantitative estimate of drug-likeness (QED) is 0.368. The highest BCUT2D eigenvalue weighted by Gasteiger charge is 1.87. The van der Waals surface area contributed by atoms with E-state index in [1.165, 1.54) is 44.9 Å². The topological polar surface area (TPSA) is 0 Å². The minimum absolute atomic E-state index is 0.940. The molecule has 0 aromatic rings. The molecule has 0 atom stereocenters. The van der Waals surface area contributed by atoms with Crippen LogP contribution < -0.4 is 0 Å². The molecule has 0 aromatic carbocycles. The summed E-state index contributed by atoms with van der Waals surface area (Å²) in [6.07, 6.45) is 15.0. The molecule has 71 valence electrons. The van der Waals surface area contributed by atoms with Gasteiger partial charge in [0.15, 0.2) is 0 Å². The second-order valence-corrected chi connectivity index (χ2v) is 3.32. The van der Waals surface area contributed by atoms with Gasteiger partial charge in [-0.1, -0.05) is 51.2 Å². The Hall–Kier alpha value is -0.260. The van der Waals surface area contributed by atoms with Crippen molar-refractivity contribution < 1.29 is 0 Å². The summed E-state index contributed by atoms with van der Waals surface area (Å²) < 4.78 is 0. The van der Waals surface area contributed by atoms with Crippen molar-refractivity contribution in [2.75, 3.05) is 0 Å². The lowest BCUT2D eigenvalue weighted by Gasteiger charge is -1.97. The molecule has 0 aromatic heterocycles. The zero-order chi connectivity index (χ0) is 9.07. The second kappa shape index (κ2) is 10.7. The highest BCUT2D eigenvalue weighted by atomic mass is 13.9. The predicted octanol–water partition coefficient (Wildman–Crippen LogP) is 4.52. The predicted molar refractivity (Wildman–Crippen MR) is 57.1 cm³/mol. The highest BCUT2D eigenvalue weighted by Crippen LogP contribution is 2.07. The molecule has 0 aliphatic carbocycles. The maximum atomic E-state index is 3.76. The zero-order valence-electron chi connectivity index (χ0n) is 8.52. The van der Waals surface area contributed by atoms with Crippen molar-refractivity contribution in [3.8, 4) is 0 Å². The minimum Gasteiger partial charge on any atom is -0.0885 e. The van der Waals surface area contributed by atoms with Gasteiger partial charge in [-0.3, -0.25) is 0 Å². The van der Waals surface area contributed by atoms with Gasteiger partial charge in [-0.25, -0.2) is 0 Å². The van der Waals surface area contributed by atoms with E-state index in [1.807, 2.05) is 0 Å². The number of hydrogen-bond acceptors (Lipinski definition) is 0. The van der Waals surface area contributed by atoms with Crippen molar-refractivity contribution in [2.45, 2.75) is 58.3 Å². The average Bonchev–Trinajstić information content (AvgIpc) is 2.10. The molecule has 0 spiro atoms. The molecular weight excluding hydrogens is 144 g/mol. The van der Waals surface area contributed by atoms with Crippen LogP contribution in [0.5, 0.6) is 0 Å². The molecule has 0 heteroatoms. The first-order chi connectivity index (χ1) is 5.91. The molecule has 12 heavy (non-hydrogen) atoms. The molecule has 0 heterocycles. The summed E-state index contributed by atoms with van der Waals surface area (Å²) >= 11 is 0. The Kier molecular flexibility index (Phi) is 10.5. The van der Waals surface area contributed by atoms with E-state index in [9.17, 15) is 0 Å². The van der Waals surface area contributed by atoms with Gasteiger partial charge in [0.05, 0.1) is 0 Å². The SMILES string of the molecule is [CH2]C/C=C\CCCCCCCC. The Morgan fingerprint density at radius 3 is 2.25 bits per heavy atom. The summed E-state index contributed by atoms with van der Waals surface area (Å²) in [7, 11) is 0. The summed E-state index contributed by atoms with van der Waals surface area (Å²) in [5.74, 6) is 0. The van der Waals surface area contributed by atoms with Crippen molar-refractivity contribution in [3.63, 3.8) is 0 Å². The summed E-state index contributed by atoms with van der Waals surface area (Å²) in [5, 5.41) is 0. The van der Waals surface area contributed by atoms with Gasteiger partial charge in [0, 0.05) is 0 Å². The number of hydrogen-bond donors (Lipinski definition) is 0.